The zero-order valence-corrected chi connectivity index (χ0v) is 14.6. The summed E-state index contributed by atoms with van der Waals surface area (Å²) in [6.07, 6.45) is 1.72. The molecule has 24 heavy (non-hydrogen) atoms. The lowest BCUT2D eigenvalue weighted by Gasteiger charge is -2.35. The van der Waals surface area contributed by atoms with Crippen LogP contribution < -0.4 is 20.7 Å². The van der Waals surface area contributed by atoms with Crippen LogP contribution in [0.3, 0.4) is 0 Å². The predicted molar refractivity (Wildman–Crippen MR) is 95.7 cm³/mol. The molecule has 1 unspecified atom stereocenters. The Balaban J connectivity index is 1.72. The summed E-state index contributed by atoms with van der Waals surface area (Å²) in [5.74, 6) is 0.610. The van der Waals surface area contributed by atoms with Gasteiger partial charge in [-0.2, -0.15) is 0 Å². The molecule has 1 aromatic carbocycles. The Morgan fingerprint density at radius 2 is 2.29 bits per heavy atom. The Labute approximate surface area is 144 Å². The molecule has 0 fully saturated rings. The van der Waals surface area contributed by atoms with Gasteiger partial charge < -0.3 is 15.4 Å². The second-order valence-electron chi connectivity index (χ2n) is 5.66. The van der Waals surface area contributed by atoms with Crippen LogP contribution in [0.5, 0.6) is 5.75 Å². The molecule has 0 bridgehead atoms. The van der Waals surface area contributed by atoms with E-state index in [1.54, 1.807) is 6.07 Å². The Morgan fingerprint density at radius 1 is 1.46 bits per heavy atom. The van der Waals surface area contributed by atoms with E-state index in [2.05, 4.69) is 22.4 Å². The van der Waals surface area contributed by atoms with Gasteiger partial charge in [-0.25, -0.2) is 0 Å². The summed E-state index contributed by atoms with van der Waals surface area (Å²) in [5.41, 5.74) is 7.38. The number of carbonyl (C=O) groups is 1. The molecule has 3 rings (SSSR count). The van der Waals surface area contributed by atoms with Crippen LogP contribution in [0.15, 0.2) is 18.2 Å². The number of amides is 1. The molecule has 128 valence electrons. The van der Waals surface area contributed by atoms with Gasteiger partial charge in [0.25, 0.3) is 0 Å². The minimum Gasteiger partial charge on any atom is -0.486 e. The lowest BCUT2D eigenvalue weighted by molar-refractivity contribution is -0.115. The molecule has 0 saturated heterocycles. The largest absolute Gasteiger partial charge is 0.486 e. The number of nitrogens with two attached hydrogens (primary N) is 1. The fraction of sp³-hybridized carbons (Fsp3) is 0.438. The van der Waals surface area contributed by atoms with Crippen molar-refractivity contribution in [3.63, 3.8) is 0 Å². The van der Waals surface area contributed by atoms with E-state index in [1.807, 2.05) is 24.0 Å². The number of benzene rings is 1. The standard InChI is InChI=1S/C16H21N5O2S/c1-3-11-8-21(12-6-5-10(17)7-13(12)23-11)9-14(22)18-16-20-19-15(4-2)24-16/h5-7,11H,3-4,8-9,17H2,1-2H3,(H,18,20,22). The van der Waals surface area contributed by atoms with Crippen LogP contribution in [-0.4, -0.2) is 35.3 Å². The van der Waals surface area contributed by atoms with Crippen LogP contribution in [0.4, 0.5) is 16.5 Å². The summed E-state index contributed by atoms with van der Waals surface area (Å²) < 4.78 is 5.94. The van der Waals surface area contributed by atoms with Crippen LogP contribution in [0.25, 0.3) is 0 Å². The van der Waals surface area contributed by atoms with Crippen molar-refractivity contribution in [2.24, 2.45) is 0 Å². The van der Waals surface area contributed by atoms with Gasteiger partial charge in [0.15, 0.2) is 0 Å². The van der Waals surface area contributed by atoms with Crippen LogP contribution in [0.1, 0.15) is 25.3 Å². The zero-order chi connectivity index (χ0) is 17.1. The van der Waals surface area contributed by atoms with Gasteiger partial charge in [-0.15, -0.1) is 10.2 Å². The number of anilines is 3. The molecule has 1 atom stereocenters. The first kappa shape index (κ1) is 16.5. The first-order chi connectivity index (χ1) is 11.6. The number of hydrogen-bond acceptors (Lipinski definition) is 7. The van der Waals surface area contributed by atoms with Crippen molar-refractivity contribution in [3.8, 4) is 5.75 Å². The third kappa shape index (κ3) is 3.59. The van der Waals surface area contributed by atoms with Crippen LogP contribution >= 0.6 is 11.3 Å². The molecule has 1 aromatic heterocycles. The van der Waals surface area contributed by atoms with E-state index >= 15 is 0 Å². The van der Waals surface area contributed by atoms with Crippen LogP contribution in [0, 0.1) is 0 Å². The highest BCUT2D eigenvalue weighted by atomic mass is 32.1. The molecule has 0 radical (unpaired) electrons. The second-order valence-corrected chi connectivity index (χ2v) is 6.72. The number of carbonyl (C=O) groups excluding carboxylic acids is 1. The van der Waals surface area contributed by atoms with Crippen molar-refractivity contribution in [1.29, 1.82) is 0 Å². The van der Waals surface area contributed by atoms with E-state index in [-0.39, 0.29) is 18.6 Å². The Hall–Kier alpha value is -2.35. The quantitative estimate of drug-likeness (QED) is 0.806. The topological polar surface area (TPSA) is 93.4 Å². The van der Waals surface area contributed by atoms with Crippen molar-refractivity contribution in [2.75, 3.05) is 29.0 Å². The van der Waals surface area contributed by atoms with Gasteiger partial charge >= 0.3 is 0 Å². The lowest BCUT2D eigenvalue weighted by atomic mass is 10.1. The minimum absolute atomic E-state index is 0.0420. The number of ether oxygens (including phenoxy) is 1. The van der Waals surface area contributed by atoms with Crippen molar-refractivity contribution < 1.29 is 9.53 Å². The number of nitrogens with one attached hydrogen (secondary N) is 1. The number of nitrogens with zero attached hydrogens (tertiary/aromatic N) is 3. The van der Waals surface area contributed by atoms with Gasteiger partial charge in [-0.1, -0.05) is 25.2 Å². The molecule has 1 amide bonds. The summed E-state index contributed by atoms with van der Waals surface area (Å²) in [6.45, 7) is 4.97. The molecule has 2 heterocycles. The molecule has 2 aromatic rings. The maximum atomic E-state index is 12.4. The van der Waals surface area contributed by atoms with Gasteiger partial charge in [0.05, 0.1) is 18.8 Å². The summed E-state index contributed by atoms with van der Waals surface area (Å²) in [4.78, 5) is 14.4. The molecule has 7 nitrogen and oxygen atoms in total. The van der Waals surface area contributed by atoms with Crippen molar-refractivity contribution in [3.05, 3.63) is 23.2 Å². The zero-order valence-electron chi connectivity index (χ0n) is 13.8. The summed E-state index contributed by atoms with van der Waals surface area (Å²) in [7, 11) is 0. The van der Waals surface area contributed by atoms with E-state index in [4.69, 9.17) is 10.5 Å². The average molecular weight is 347 g/mol. The molecular formula is C16H21N5O2S. The highest BCUT2D eigenvalue weighted by Gasteiger charge is 2.26. The number of aryl methyl sites for hydroxylation is 1. The van der Waals surface area contributed by atoms with Crippen LogP contribution in [0.2, 0.25) is 0 Å². The molecule has 1 aliphatic heterocycles. The van der Waals surface area contributed by atoms with Crippen molar-refractivity contribution >= 4 is 33.8 Å². The Kier molecular flexibility index (Phi) is 4.84. The SMILES string of the molecule is CCc1nnc(NC(=O)CN2CC(CC)Oc3cc(N)ccc32)s1. The van der Waals surface area contributed by atoms with E-state index < -0.39 is 0 Å². The maximum absolute atomic E-state index is 12.4. The molecule has 0 spiro atoms. The van der Waals surface area contributed by atoms with E-state index in [0.29, 0.717) is 17.4 Å². The van der Waals surface area contributed by atoms with Gasteiger partial charge in [0.2, 0.25) is 11.0 Å². The number of rotatable bonds is 5. The normalized spacial score (nSPS) is 16.4. The third-order valence-electron chi connectivity index (χ3n) is 3.85. The molecule has 3 N–H and O–H groups in total. The summed E-state index contributed by atoms with van der Waals surface area (Å²) in [5, 5.41) is 12.3. The Morgan fingerprint density at radius 3 is 3.00 bits per heavy atom. The maximum Gasteiger partial charge on any atom is 0.245 e. The summed E-state index contributed by atoms with van der Waals surface area (Å²) >= 11 is 1.40. The van der Waals surface area contributed by atoms with E-state index in [9.17, 15) is 4.79 Å². The fourth-order valence-electron chi connectivity index (χ4n) is 2.59. The molecule has 0 aliphatic carbocycles. The molecule has 1 aliphatic rings. The van der Waals surface area contributed by atoms with Crippen molar-refractivity contribution in [1.82, 2.24) is 10.2 Å². The number of hydrogen-bond donors (Lipinski definition) is 2. The van der Waals surface area contributed by atoms with Gasteiger partial charge in [0, 0.05) is 11.8 Å². The van der Waals surface area contributed by atoms with E-state index in [1.165, 1.54) is 11.3 Å². The highest BCUT2D eigenvalue weighted by Crippen LogP contribution is 2.35. The number of aromatic nitrogens is 2. The van der Waals surface area contributed by atoms with Crippen LogP contribution in [-0.2, 0) is 11.2 Å². The first-order valence-corrected chi connectivity index (χ1v) is 8.84. The molecule has 0 saturated carbocycles. The van der Waals surface area contributed by atoms with E-state index in [0.717, 1.165) is 29.3 Å². The number of nitrogen functional groups attached to an aromatic ring is 1. The average Bonchev–Trinajstić information content (AvgIpc) is 3.01. The first-order valence-electron chi connectivity index (χ1n) is 8.02. The van der Waals surface area contributed by atoms with Gasteiger partial charge in [0.1, 0.15) is 16.9 Å². The number of fused-ring (bicyclic) bond motifs is 1. The molecule has 8 heteroatoms. The Bertz CT molecular complexity index is 733. The third-order valence-corrected chi connectivity index (χ3v) is 4.83. The monoisotopic (exact) mass is 347 g/mol. The van der Waals surface area contributed by atoms with Gasteiger partial charge in [-0.3, -0.25) is 10.1 Å². The lowest BCUT2D eigenvalue weighted by Crippen LogP contribution is -2.43. The molecular weight excluding hydrogens is 326 g/mol. The predicted octanol–water partition coefficient (Wildman–Crippen LogP) is 2.30. The highest BCUT2D eigenvalue weighted by molar-refractivity contribution is 7.15. The van der Waals surface area contributed by atoms with Crippen molar-refractivity contribution in [2.45, 2.75) is 32.8 Å². The summed E-state index contributed by atoms with van der Waals surface area (Å²) in [6, 6.07) is 5.52. The smallest absolute Gasteiger partial charge is 0.245 e. The minimum atomic E-state index is -0.117. The van der Waals surface area contributed by atoms with Gasteiger partial charge in [-0.05, 0) is 25.0 Å². The second kappa shape index (κ2) is 7.04. The fourth-order valence-corrected chi connectivity index (χ4v) is 3.28.